The lowest BCUT2D eigenvalue weighted by molar-refractivity contribution is 0.590. The Morgan fingerprint density at radius 3 is 1.58 bits per heavy atom. The van der Waals surface area contributed by atoms with E-state index >= 15 is 0 Å². The molecule has 12 aromatic rings. The Morgan fingerprint density at radius 1 is 0.403 bits per heavy atom. The second kappa shape index (κ2) is 15.2. The van der Waals surface area contributed by atoms with Gasteiger partial charge >= 0.3 is 0 Å². The van der Waals surface area contributed by atoms with Gasteiger partial charge in [-0.15, -0.1) is 0 Å². The first-order chi connectivity index (χ1) is 47.6. The number of rotatable bonds is 2. The van der Waals surface area contributed by atoms with Gasteiger partial charge in [-0.25, -0.2) is 0 Å². The minimum Gasteiger partial charge on any atom is -0.454 e. The SMILES string of the molecule is [2H]c1c([2H])c2c3c(c1[2H])-n1c4c([2H])c([2H])c(C(C)(C)C)c([2H])c4c4c([2H])c(C(C)(C)C)c([2H])c(c41)N3c1c([2H])c(C)c([2H])c3c1B2c1c([2H])c([2H])c(-n2c4c([2H])c([2H])c(C(C)(C)C)c([2H])c4c4c([2H])c(C(C)(C)C)c([2H])c([2H])c42)c([2H])c1N3c1c([2H])c([2H])c([2H])c2c1oc1c([2H])c([2H])c([2H])c([2H])c12. The van der Waals surface area contributed by atoms with Crippen molar-refractivity contribution in [2.24, 2.45) is 0 Å². The molecule has 0 fully saturated rings. The Balaban J connectivity index is 1.24. The van der Waals surface area contributed by atoms with Crippen LogP contribution in [-0.2, 0) is 21.7 Å². The Labute approximate surface area is 488 Å². The molecule has 3 aliphatic heterocycles. The van der Waals surface area contributed by atoms with Crippen LogP contribution in [0.5, 0.6) is 0 Å². The standard InChI is InChI=1S/C71H65BN4O/c1-40-32-60-64-61(33-40)76-62-38-44(71(11,12)13)37-51-50-36-43(70(8,9)10)26-31-56(50)75(65(51)62)57-21-17-20-53(66(57)76)72(64)52-28-27-45(39-59(52)74(60)58-22-16-19-47-46-18-14-15-23-63(46)77-67(47)58)73-54-29-24-41(68(2,3)4)34-48(54)49-35-42(69(5,6)7)25-30-55(49)73/h14-39H,1-13H3/i14D,15D,16D,17D,18D,19D,20D,21D,22D,23D,24D,25D,26D,27D,28D,29D,30D,31D,32D,33D,34D,35D,36D,37D,38D,39D. The van der Waals surface area contributed by atoms with Gasteiger partial charge < -0.3 is 23.4 Å². The third-order valence-electron chi connectivity index (χ3n) is 15.1. The summed E-state index contributed by atoms with van der Waals surface area (Å²) < 4.78 is 269. The van der Waals surface area contributed by atoms with Crippen molar-refractivity contribution < 1.29 is 40.1 Å². The van der Waals surface area contributed by atoms with Gasteiger partial charge in [0.25, 0.3) is 6.71 Å². The largest absolute Gasteiger partial charge is 0.454 e. The highest BCUT2D eigenvalue weighted by molar-refractivity contribution is 7.00. The topological polar surface area (TPSA) is 29.5 Å². The molecule has 3 aromatic heterocycles. The summed E-state index contributed by atoms with van der Waals surface area (Å²) in [4.78, 5) is 2.45. The van der Waals surface area contributed by atoms with Crippen molar-refractivity contribution in [3.05, 3.63) is 185 Å². The van der Waals surface area contributed by atoms with Crippen LogP contribution in [0, 0.1) is 6.92 Å². The highest BCUT2D eigenvalue weighted by Gasteiger charge is 2.47. The zero-order chi connectivity index (χ0) is 75.8. The molecular formula is C71H65BN4O. The molecule has 0 saturated carbocycles. The van der Waals surface area contributed by atoms with Crippen LogP contribution in [0.3, 0.4) is 0 Å². The first-order valence-corrected chi connectivity index (χ1v) is 25.7. The molecule has 0 radical (unpaired) electrons. The number of fused-ring (bicyclic) bond motifs is 15. The van der Waals surface area contributed by atoms with Crippen molar-refractivity contribution >= 4 is 123 Å². The smallest absolute Gasteiger partial charge is 0.252 e. The molecule has 6 heterocycles. The molecule has 0 N–H and O–H groups in total. The zero-order valence-electron chi connectivity index (χ0n) is 70.8. The van der Waals surface area contributed by atoms with Gasteiger partial charge in [-0.05, 0) is 163 Å². The Kier molecular flexibility index (Phi) is 5.29. The van der Waals surface area contributed by atoms with E-state index in [1.54, 1.807) is 83.1 Å². The number of anilines is 6. The molecule has 15 rings (SSSR count). The lowest BCUT2D eigenvalue weighted by Gasteiger charge is -2.46. The summed E-state index contributed by atoms with van der Waals surface area (Å²) in [7, 11) is 0. The summed E-state index contributed by atoms with van der Waals surface area (Å²) in [5, 5.41) is -1.27. The van der Waals surface area contributed by atoms with Crippen LogP contribution in [0.1, 0.15) is 147 Å². The average Bonchev–Trinajstić information content (AvgIpc) is 1.65. The van der Waals surface area contributed by atoms with E-state index in [1.165, 1.54) is 16.4 Å². The van der Waals surface area contributed by atoms with Crippen LogP contribution in [0.2, 0.25) is 0 Å². The van der Waals surface area contributed by atoms with E-state index in [-0.39, 0.29) is 130 Å². The Morgan fingerprint density at radius 2 is 0.948 bits per heavy atom. The lowest BCUT2D eigenvalue weighted by Crippen LogP contribution is -2.61. The van der Waals surface area contributed by atoms with Gasteiger partial charge in [0.05, 0.1) is 80.5 Å². The first-order valence-electron chi connectivity index (χ1n) is 38.7. The van der Waals surface area contributed by atoms with Crippen LogP contribution in [0.25, 0.3) is 76.9 Å². The molecule has 3 aliphatic rings. The van der Waals surface area contributed by atoms with E-state index in [0.29, 0.717) is 0 Å². The minimum absolute atomic E-state index is 0.00469. The first kappa shape index (κ1) is 26.9. The average molecular weight is 1030 g/mol. The van der Waals surface area contributed by atoms with Gasteiger partial charge in [-0.3, -0.25) is 0 Å². The van der Waals surface area contributed by atoms with E-state index in [0.717, 1.165) is 9.47 Å². The van der Waals surface area contributed by atoms with Crippen molar-refractivity contribution in [2.75, 3.05) is 9.80 Å². The summed E-state index contributed by atoms with van der Waals surface area (Å²) in [6.45, 7) is 20.4. The number of hydrogen-bond donors (Lipinski definition) is 0. The fraction of sp³-hybridized carbons (Fsp3) is 0.239. The lowest BCUT2D eigenvalue weighted by atomic mass is 9.33. The summed E-state index contributed by atoms with van der Waals surface area (Å²) in [6.07, 6.45) is 0. The molecule has 5 nitrogen and oxygen atoms in total. The third kappa shape index (κ3) is 6.42. The van der Waals surface area contributed by atoms with Crippen molar-refractivity contribution in [3.63, 3.8) is 0 Å². The fourth-order valence-electron chi connectivity index (χ4n) is 11.2. The zero-order valence-corrected chi connectivity index (χ0v) is 44.8. The maximum absolute atomic E-state index is 11.2. The van der Waals surface area contributed by atoms with Crippen molar-refractivity contribution in [1.82, 2.24) is 9.13 Å². The number of furan rings is 1. The van der Waals surface area contributed by atoms with Crippen LogP contribution >= 0.6 is 0 Å². The summed E-state index contributed by atoms with van der Waals surface area (Å²) in [5.74, 6) is 0. The molecule has 0 saturated heterocycles. The van der Waals surface area contributed by atoms with E-state index < -0.39 is 210 Å². The molecule has 77 heavy (non-hydrogen) atoms. The van der Waals surface area contributed by atoms with Gasteiger partial charge in [0.1, 0.15) is 5.58 Å². The quantitative estimate of drug-likeness (QED) is 0.162. The van der Waals surface area contributed by atoms with E-state index in [9.17, 15) is 32.9 Å². The van der Waals surface area contributed by atoms with Crippen molar-refractivity contribution in [1.29, 1.82) is 0 Å². The molecule has 0 bridgehead atoms. The number of hydrogen-bond acceptors (Lipinski definition) is 3. The van der Waals surface area contributed by atoms with Crippen LogP contribution < -0.4 is 26.2 Å². The highest BCUT2D eigenvalue weighted by Crippen LogP contribution is 2.55. The van der Waals surface area contributed by atoms with Crippen LogP contribution in [0.4, 0.5) is 34.1 Å². The fourth-order valence-corrected chi connectivity index (χ4v) is 11.2. The molecular weight excluding hydrogens is 936 g/mol. The summed E-state index contributed by atoms with van der Waals surface area (Å²) >= 11 is 0. The van der Waals surface area contributed by atoms with Crippen molar-refractivity contribution in [3.8, 4) is 11.4 Å². The predicted octanol–water partition coefficient (Wildman–Crippen LogP) is 17.7. The molecule has 0 amide bonds. The van der Waals surface area contributed by atoms with Gasteiger partial charge in [-0.1, -0.05) is 150 Å². The van der Waals surface area contributed by atoms with E-state index in [4.69, 9.17) is 7.16 Å². The third-order valence-corrected chi connectivity index (χ3v) is 15.1. The summed E-state index contributed by atoms with van der Waals surface area (Å²) in [5.41, 5.74) is -10.7. The van der Waals surface area contributed by atoms with E-state index in [2.05, 4.69) is 0 Å². The van der Waals surface area contributed by atoms with Gasteiger partial charge in [0.2, 0.25) is 0 Å². The summed E-state index contributed by atoms with van der Waals surface area (Å²) in [6, 6.07) is -16.3. The molecule has 0 unspecified atom stereocenters. The number of nitrogens with zero attached hydrogens (tertiary/aromatic N) is 4. The predicted molar refractivity (Wildman–Crippen MR) is 330 cm³/mol. The van der Waals surface area contributed by atoms with Crippen LogP contribution in [0.15, 0.2) is 162 Å². The number of para-hydroxylation sites is 3. The second-order valence-electron chi connectivity index (χ2n) is 24.6. The second-order valence-corrected chi connectivity index (χ2v) is 24.6. The van der Waals surface area contributed by atoms with Gasteiger partial charge in [0, 0.05) is 55.1 Å². The maximum Gasteiger partial charge on any atom is 0.252 e. The molecule has 6 heteroatoms. The highest BCUT2D eigenvalue weighted by atomic mass is 16.3. The maximum atomic E-state index is 11.2. The monoisotopic (exact) mass is 1030 g/mol. The Bertz CT molecular complexity index is 6070. The molecule has 0 atom stereocenters. The minimum atomic E-state index is -1.89. The van der Waals surface area contributed by atoms with Gasteiger partial charge in [-0.2, -0.15) is 0 Å². The van der Waals surface area contributed by atoms with E-state index in [1.807, 2.05) is 0 Å². The molecule has 378 valence electrons. The van der Waals surface area contributed by atoms with Crippen LogP contribution in [-0.4, -0.2) is 15.8 Å². The van der Waals surface area contributed by atoms with Crippen molar-refractivity contribution in [2.45, 2.75) is 112 Å². The molecule has 0 spiro atoms. The Hall–Kier alpha value is -7.96. The normalized spacial score (nSPS) is 18.9. The number of benzene rings is 9. The molecule has 9 aromatic carbocycles. The van der Waals surface area contributed by atoms with Gasteiger partial charge in [0.15, 0.2) is 5.58 Å². The molecule has 0 aliphatic carbocycles. The number of aromatic nitrogens is 2.